The first-order valence-electron chi connectivity index (χ1n) is 5.88. The lowest BCUT2D eigenvalue weighted by Crippen LogP contribution is -2.27. The zero-order valence-electron chi connectivity index (χ0n) is 11.3. The Labute approximate surface area is 123 Å². The van der Waals surface area contributed by atoms with Crippen LogP contribution in [0, 0.1) is 0 Å². The van der Waals surface area contributed by atoms with E-state index in [1.54, 1.807) is 0 Å². The fourth-order valence-electron chi connectivity index (χ4n) is 1.36. The Morgan fingerprint density at radius 2 is 1.57 bits per heavy atom. The Hall–Kier alpha value is -1.07. The first-order valence-corrected chi connectivity index (χ1v) is 8.75. The van der Waals surface area contributed by atoms with Crippen molar-refractivity contribution in [1.29, 1.82) is 0 Å². The average molecular weight is 341 g/mol. The number of methoxy groups -OCH3 is 1. The molecule has 1 aromatic carbocycles. The highest BCUT2D eigenvalue weighted by Crippen LogP contribution is 2.15. The van der Waals surface area contributed by atoms with Crippen molar-refractivity contribution in [3.63, 3.8) is 0 Å². The molecular formula is C11H16FNO6S2. The number of benzene rings is 1. The fraction of sp³-hybridized carbons (Fsp3) is 0.455. The van der Waals surface area contributed by atoms with Gasteiger partial charge in [-0.05, 0) is 24.3 Å². The van der Waals surface area contributed by atoms with Gasteiger partial charge in [-0.2, -0.15) is 8.42 Å². The molecule has 1 aromatic rings. The normalized spacial score (nSPS) is 12.5. The third-order valence-electron chi connectivity index (χ3n) is 2.39. The van der Waals surface area contributed by atoms with Gasteiger partial charge in [0, 0.05) is 13.7 Å². The summed E-state index contributed by atoms with van der Waals surface area (Å²) < 4.78 is 69.8. The number of sulfonamides is 1. The summed E-state index contributed by atoms with van der Waals surface area (Å²) in [5.41, 5.74) is 0. The molecule has 0 aliphatic heterocycles. The van der Waals surface area contributed by atoms with Crippen molar-refractivity contribution in [1.82, 2.24) is 4.72 Å². The molecule has 1 N–H and O–H groups in total. The molecule has 0 atom stereocenters. The van der Waals surface area contributed by atoms with Crippen LogP contribution in [0.1, 0.15) is 0 Å². The minimum atomic E-state index is -4.84. The maximum Gasteiger partial charge on any atom is 0.332 e. The fourth-order valence-corrected chi connectivity index (χ4v) is 2.83. The number of ether oxygens (including phenoxy) is 2. The summed E-state index contributed by atoms with van der Waals surface area (Å²) in [5, 5.41) is 0. The molecular weight excluding hydrogens is 325 g/mol. The number of hydrogen-bond acceptors (Lipinski definition) is 6. The van der Waals surface area contributed by atoms with Crippen molar-refractivity contribution in [2.75, 3.05) is 33.5 Å². The number of rotatable bonds is 9. The Bertz CT molecular complexity index is 642. The number of hydrogen-bond donors (Lipinski definition) is 1. The van der Waals surface area contributed by atoms with E-state index in [9.17, 15) is 20.7 Å². The van der Waals surface area contributed by atoms with Crippen LogP contribution in [0.4, 0.5) is 3.89 Å². The van der Waals surface area contributed by atoms with Crippen LogP contribution in [0.15, 0.2) is 34.1 Å². The highest BCUT2D eigenvalue weighted by atomic mass is 32.3. The number of nitrogens with one attached hydrogen (secondary N) is 1. The SMILES string of the molecule is COCCOCCNS(=O)(=O)c1ccc(S(=O)(=O)F)cc1. The Morgan fingerprint density at radius 1 is 1.00 bits per heavy atom. The van der Waals surface area contributed by atoms with Gasteiger partial charge in [0.2, 0.25) is 10.0 Å². The van der Waals surface area contributed by atoms with Gasteiger partial charge in [-0.3, -0.25) is 0 Å². The lowest BCUT2D eigenvalue weighted by Gasteiger charge is -2.07. The molecule has 120 valence electrons. The maximum absolute atomic E-state index is 12.7. The summed E-state index contributed by atoms with van der Waals surface area (Å²) in [6.45, 7) is 0.974. The van der Waals surface area contributed by atoms with Crippen LogP contribution in [0.25, 0.3) is 0 Å². The molecule has 7 nitrogen and oxygen atoms in total. The Balaban J connectivity index is 2.58. The zero-order chi connectivity index (χ0) is 15.9. The highest BCUT2D eigenvalue weighted by molar-refractivity contribution is 7.89. The van der Waals surface area contributed by atoms with Crippen LogP contribution in [0.3, 0.4) is 0 Å². The van der Waals surface area contributed by atoms with Gasteiger partial charge < -0.3 is 9.47 Å². The van der Waals surface area contributed by atoms with Crippen LogP contribution in [-0.4, -0.2) is 50.3 Å². The second kappa shape index (κ2) is 7.80. The standard InChI is InChI=1S/C11H16FNO6S2/c1-18-8-9-19-7-6-13-21(16,17)11-4-2-10(3-5-11)20(12,14)15/h2-5,13H,6-9H2,1H3. The van der Waals surface area contributed by atoms with E-state index in [2.05, 4.69) is 4.72 Å². The molecule has 10 heteroatoms. The van der Waals surface area contributed by atoms with Gasteiger partial charge in [0.15, 0.2) is 0 Å². The minimum Gasteiger partial charge on any atom is -0.382 e. The van der Waals surface area contributed by atoms with Crippen molar-refractivity contribution < 1.29 is 30.2 Å². The molecule has 0 bridgehead atoms. The van der Waals surface area contributed by atoms with E-state index in [4.69, 9.17) is 9.47 Å². The summed E-state index contributed by atoms with van der Waals surface area (Å²) in [6, 6.07) is 3.80. The minimum absolute atomic E-state index is 0.0508. The molecule has 0 unspecified atom stereocenters. The third kappa shape index (κ3) is 6.06. The second-order valence-electron chi connectivity index (χ2n) is 3.91. The van der Waals surface area contributed by atoms with Crippen LogP contribution >= 0.6 is 0 Å². The molecule has 0 saturated heterocycles. The highest BCUT2D eigenvalue weighted by Gasteiger charge is 2.16. The lowest BCUT2D eigenvalue weighted by molar-refractivity contribution is 0.0736. The second-order valence-corrected chi connectivity index (χ2v) is 7.03. The monoisotopic (exact) mass is 341 g/mol. The zero-order valence-corrected chi connectivity index (χ0v) is 12.9. The van der Waals surface area contributed by atoms with Crippen molar-refractivity contribution in [3.05, 3.63) is 24.3 Å². The first-order chi connectivity index (χ1) is 9.77. The average Bonchev–Trinajstić information content (AvgIpc) is 2.42. The van der Waals surface area contributed by atoms with E-state index in [-0.39, 0.29) is 18.0 Å². The van der Waals surface area contributed by atoms with Gasteiger partial charge in [0.05, 0.1) is 29.6 Å². The van der Waals surface area contributed by atoms with Crippen LogP contribution in [0.5, 0.6) is 0 Å². The van der Waals surface area contributed by atoms with E-state index < -0.39 is 25.1 Å². The Kier molecular flexibility index (Phi) is 6.68. The smallest absolute Gasteiger partial charge is 0.332 e. The molecule has 0 aliphatic carbocycles. The van der Waals surface area contributed by atoms with Crippen LogP contribution < -0.4 is 4.72 Å². The quantitative estimate of drug-likeness (QED) is 0.512. The van der Waals surface area contributed by atoms with Crippen molar-refractivity contribution in [2.24, 2.45) is 0 Å². The van der Waals surface area contributed by atoms with Gasteiger partial charge >= 0.3 is 10.2 Å². The summed E-state index contributed by atoms with van der Waals surface area (Å²) in [5.74, 6) is 0. The van der Waals surface area contributed by atoms with E-state index in [1.165, 1.54) is 7.11 Å². The van der Waals surface area contributed by atoms with Crippen molar-refractivity contribution in [2.45, 2.75) is 9.79 Å². The molecule has 0 saturated carbocycles. The lowest BCUT2D eigenvalue weighted by atomic mass is 10.4. The third-order valence-corrected chi connectivity index (χ3v) is 4.70. The predicted octanol–water partition coefficient (Wildman–Crippen LogP) is 0.286. The molecule has 0 aromatic heterocycles. The van der Waals surface area contributed by atoms with E-state index in [0.29, 0.717) is 13.2 Å². The molecule has 0 amide bonds. The topological polar surface area (TPSA) is 98.8 Å². The predicted molar refractivity (Wildman–Crippen MR) is 72.6 cm³/mol. The molecule has 0 heterocycles. The number of halogens is 1. The van der Waals surface area contributed by atoms with Gasteiger partial charge in [-0.1, -0.05) is 0 Å². The van der Waals surface area contributed by atoms with E-state index in [0.717, 1.165) is 24.3 Å². The Morgan fingerprint density at radius 3 is 2.10 bits per heavy atom. The van der Waals surface area contributed by atoms with E-state index in [1.807, 2.05) is 0 Å². The molecule has 0 fully saturated rings. The summed E-state index contributed by atoms with van der Waals surface area (Å²) >= 11 is 0. The van der Waals surface area contributed by atoms with Gasteiger partial charge in [-0.25, -0.2) is 13.1 Å². The van der Waals surface area contributed by atoms with Crippen LogP contribution in [-0.2, 0) is 29.7 Å². The molecule has 0 aliphatic rings. The van der Waals surface area contributed by atoms with Crippen molar-refractivity contribution >= 4 is 20.2 Å². The molecule has 21 heavy (non-hydrogen) atoms. The first kappa shape index (κ1) is 18.0. The van der Waals surface area contributed by atoms with Gasteiger partial charge in [-0.15, -0.1) is 3.89 Å². The van der Waals surface area contributed by atoms with E-state index >= 15 is 0 Å². The van der Waals surface area contributed by atoms with Crippen molar-refractivity contribution in [3.8, 4) is 0 Å². The van der Waals surface area contributed by atoms with Gasteiger partial charge in [0.25, 0.3) is 0 Å². The molecule has 0 radical (unpaired) electrons. The maximum atomic E-state index is 12.7. The summed E-state index contributed by atoms with van der Waals surface area (Å²) in [4.78, 5) is -0.754. The molecule has 1 rings (SSSR count). The summed E-state index contributed by atoms with van der Waals surface area (Å²) in [7, 11) is -7.11. The van der Waals surface area contributed by atoms with Gasteiger partial charge in [0.1, 0.15) is 0 Å². The van der Waals surface area contributed by atoms with Crippen LogP contribution in [0.2, 0.25) is 0 Å². The largest absolute Gasteiger partial charge is 0.382 e. The summed E-state index contributed by atoms with van der Waals surface area (Å²) in [6.07, 6.45) is 0. The molecule has 0 spiro atoms.